The molecule has 0 aromatic heterocycles. The predicted molar refractivity (Wildman–Crippen MR) is 76.5 cm³/mol. The fourth-order valence-corrected chi connectivity index (χ4v) is 3.27. The summed E-state index contributed by atoms with van der Waals surface area (Å²) in [7, 11) is 0. The highest BCUT2D eigenvalue weighted by molar-refractivity contribution is 6.31. The number of aliphatic carboxylic acids is 1. The Morgan fingerprint density at radius 1 is 1.48 bits per heavy atom. The first kappa shape index (κ1) is 14.4. The van der Waals surface area contributed by atoms with E-state index in [0.29, 0.717) is 23.7 Å². The summed E-state index contributed by atoms with van der Waals surface area (Å²) in [6.07, 6.45) is 0. The van der Waals surface area contributed by atoms with Crippen molar-refractivity contribution < 1.29 is 19.4 Å². The first-order chi connectivity index (χ1) is 9.94. The summed E-state index contributed by atoms with van der Waals surface area (Å²) in [6.45, 7) is 3.04. The number of carboxylic acid groups (broad SMARTS) is 1. The lowest BCUT2D eigenvalue weighted by Crippen LogP contribution is -2.40. The largest absolute Gasteiger partial charge is 0.481 e. The number of carbonyl (C=O) groups excluding carboxylic acids is 1. The maximum absolute atomic E-state index is 12.6. The standard InChI is InChI=1S/C15H16ClNO4/c1-9-4-10(2-3-12(9)16)13(18)17-5-11-6-21-8-15(11,7-17)14(19)20/h2-4,11H,5-8H2,1H3,(H,19,20)/t11-,15-/m1/s1. The highest BCUT2D eigenvalue weighted by Crippen LogP contribution is 2.42. The van der Waals surface area contributed by atoms with Crippen molar-refractivity contribution in [2.24, 2.45) is 11.3 Å². The average Bonchev–Trinajstić information content (AvgIpc) is 2.98. The molecule has 1 N–H and O–H groups in total. The minimum Gasteiger partial charge on any atom is -0.481 e. The number of carbonyl (C=O) groups is 2. The Morgan fingerprint density at radius 3 is 2.86 bits per heavy atom. The molecular weight excluding hydrogens is 294 g/mol. The van der Waals surface area contributed by atoms with Crippen LogP contribution in [0.4, 0.5) is 0 Å². The molecule has 2 aliphatic rings. The Labute approximate surface area is 127 Å². The van der Waals surface area contributed by atoms with E-state index in [0.717, 1.165) is 5.56 Å². The second kappa shape index (κ2) is 5.00. The molecule has 0 saturated carbocycles. The number of hydrogen-bond donors (Lipinski definition) is 1. The molecule has 2 saturated heterocycles. The van der Waals surface area contributed by atoms with Gasteiger partial charge in [0.25, 0.3) is 5.91 Å². The number of amides is 1. The normalized spacial score (nSPS) is 27.7. The zero-order valence-corrected chi connectivity index (χ0v) is 12.4. The monoisotopic (exact) mass is 309 g/mol. The molecule has 2 aliphatic heterocycles. The van der Waals surface area contributed by atoms with Crippen molar-refractivity contribution in [2.75, 3.05) is 26.3 Å². The highest BCUT2D eigenvalue weighted by Gasteiger charge is 2.57. The first-order valence-corrected chi connectivity index (χ1v) is 7.18. The number of carboxylic acids is 1. The van der Waals surface area contributed by atoms with E-state index in [-0.39, 0.29) is 25.0 Å². The Kier molecular flexibility index (Phi) is 3.42. The van der Waals surface area contributed by atoms with Gasteiger partial charge in [-0.1, -0.05) is 11.6 Å². The highest BCUT2D eigenvalue weighted by atomic mass is 35.5. The number of halogens is 1. The lowest BCUT2D eigenvalue weighted by molar-refractivity contribution is -0.149. The third kappa shape index (κ3) is 2.21. The van der Waals surface area contributed by atoms with Gasteiger partial charge < -0.3 is 14.7 Å². The van der Waals surface area contributed by atoms with Crippen LogP contribution in [0.3, 0.4) is 0 Å². The lowest BCUT2D eigenvalue weighted by Gasteiger charge is -2.22. The molecule has 0 radical (unpaired) electrons. The third-order valence-electron chi connectivity index (χ3n) is 4.49. The summed E-state index contributed by atoms with van der Waals surface area (Å²) < 4.78 is 5.31. The molecule has 6 heteroatoms. The molecule has 0 spiro atoms. The van der Waals surface area contributed by atoms with E-state index < -0.39 is 11.4 Å². The fourth-order valence-electron chi connectivity index (χ4n) is 3.15. The molecule has 2 heterocycles. The van der Waals surface area contributed by atoms with Crippen LogP contribution in [0, 0.1) is 18.3 Å². The SMILES string of the molecule is Cc1cc(C(=O)N2C[C@@H]3COC[C@]3(C(=O)O)C2)ccc1Cl. The number of hydrogen-bond acceptors (Lipinski definition) is 3. The molecule has 1 aromatic rings. The summed E-state index contributed by atoms with van der Waals surface area (Å²) in [5.41, 5.74) is 0.424. The molecule has 1 aromatic carbocycles. The van der Waals surface area contributed by atoms with Gasteiger partial charge in [0.2, 0.25) is 0 Å². The van der Waals surface area contributed by atoms with Gasteiger partial charge in [-0.15, -0.1) is 0 Å². The van der Waals surface area contributed by atoms with Crippen LogP contribution in [0.1, 0.15) is 15.9 Å². The van der Waals surface area contributed by atoms with Gasteiger partial charge in [-0.05, 0) is 30.7 Å². The van der Waals surface area contributed by atoms with Gasteiger partial charge >= 0.3 is 5.97 Å². The molecule has 1 amide bonds. The molecule has 3 rings (SSSR count). The molecule has 0 bridgehead atoms. The van der Waals surface area contributed by atoms with Crippen molar-refractivity contribution >= 4 is 23.5 Å². The Bertz CT molecular complexity index is 618. The van der Waals surface area contributed by atoms with E-state index >= 15 is 0 Å². The topological polar surface area (TPSA) is 66.8 Å². The Balaban J connectivity index is 1.84. The fraction of sp³-hybridized carbons (Fsp3) is 0.467. The summed E-state index contributed by atoms with van der Waals surface area (Å²) in [5, 5.41) is 10.1. The second-order valence-corrected chi connectivity index (χ2v) is 6.23. The maximum Gasteiger partial charge on any atom is 0.314 e. The number of likely N-dealkylation sites (tertiary alicyclic amines) is 1. The zero-order chi connectivity index (χ0) is 15.2. The number of aryl methyl sites for hydroxylation is 1. The van der Waals surface area contributed by atoms with Crippen molar-refractivity contribution in [1.82, 2.24) is 4.90 Å². The number of ether oxygens (including phenoxy) is 1. The molecular formula is C15H16ClNO4. The summed E-state index contributed by atoms with van der Waals surface area (Å²) >= 11 is 5.97. The van der Waals surface area contributed by atoms with Gasteiger partial charge in [0.1, 0.15) is 5.41 Å². The Hall–Kier alpha value is -1.59. The lowest BCUT2D eigenvalue weighted by atomic mass is 9.81. The van der Waals surface area contributed by atoms with E-state index in [4.69, 9.17) is 16.3 Å². The van der Waals surface area contributed by atoms with Crippen LogP contribution in [0.25, 0.3) is 0 Å². The van der Waals surface area contributed by atoms with Gasteiger partial charge in [0, 0.05) is 29.6 Å². The van der Waals surface area contributed by atoms with Crippen molar-refractivity contribution in [3.8, 4) is 0 Å². The first-order valence-electron chi connectivity index (χ1n) is 6.80. The Morgan fingerprint density at radius 2 is 2.24 bits per heavy atom. The van der Waals surface area contributed by atoms with Crippen LogP contribution in [-0.2, 0) is 9.53 Å². The van der Waals surface area contributed by atoms with Gasteiger partial charge in [-0.25, -0.2) is 0 Å². The van der Waals surface area contributed by atoms with E-state index in [9.17, 15) is 14.7 Å². The van der Waals surface area contributed by atoms with Crippen LogP contribution in [-0.4, -0.2) is 48.2 Å². The van der Waals surface area contributed by atoms with Gasteiger partial charge in [0.05, 0.1) is 13.2 Å². The van der Waals surface area contributed by atoms with Crippen molar-refractivity contribution in [3.63, 3.8) is 0 Å². The maximum atomic E-state index is 12.6. The summed E-state index contributed by atoms with van der Waals surface area (Å²) in [4.78, 5) is 25.7. The van der Waals surface area contributed by atoms with Crippen molar-refractivity contribution in [1.29, 1.82) is 0 Å². The van der Waals surface area contributed by atoms with Gasteiger partial charge in [-0.2, -0.15) is 0 Å². The van der Waals surface area contributed by atoms with E-state index in [1.54, 1.807) is 23.1 Å². The molecule has 112 valence electrons. The number of rotatable bonds is 2. The summed E-state index contributed by atoms with van der Waals surface area (Å²) in [6, 6.07) is 5.11. The van der Waals surface area contributed by atoms with E-state index in [2.05, 4.69) is 0 Å². The minimum absolute atomic E-state index is 0.132. The molecule has 0 unspecified atom stereocenters. The quantitative estimate of drug-likeness (QED) is 0.905. The van der Waals surface area contributed by atoms with Crippen LogP contribution < -0.4 is 0 Å². The number of fused-ring (bicyclic) bond motifs is 1. The number of nitrogens with zero attached hydrogens (tertiary/aromatic N) is 1. The van der Waals surface area contributed by atoms with Crippen LogP contribution in [0.15, 0.2) is 18.2 Å². The predicted octanol–water partition coefficient (Wildman–Crippen LogP) is 1.82. The van der Waals surface area contributed by atoms with E-state index in [1.165, 1.54) is 0 Å². The third-order valence-corrected chi connectivity index (χ3v) is 4.92. The molecule has 5 nitrogen and oxygen atoms in total. The minimum atomic E-state index is -0.947. The van der Waals surface area contributed by atoms with Crippen LogP contribution in [0.2, 0.25) is 5.02 Å². The molecule has 21 heavy (non-hydrogen) atoms. The molecule has 2 fully saturated rings. The average molecular weight is 310 g/mol. The summed E-state index contributed by atoms with van der Waals surface area (Å²) in [5.74, 6) is -1.16. The van der Waals surface area contributed by atoms with Gasteiger partial charge in [0.15, 0.2) is 0 Å². The number of benzene rings is 1. The zero-order valence-electron chi connectivity index (χ0n) is 11.6. The molecule has 2 atom stereocenters. The van der Waals surface area contributed by atoms with Crippen molar-refractivity contribution in [2.45, 2.75) is 6.92 Å². The van der Waals surface area contributed by atoms with Gasteiger partial charge in [-0.3, -0.25) is 9.59 Å². The smallest absolute Gasteiger partial charge is 0.314 e. The van der Waals surface area contributed by atoms with Crippen LogP contribution in [0.5, 0.6) is 0 Å². The van der Waals surface area contributed by atoms with E-state index in [1.807, 2.05) is 6.92 Å². The molecule has 0 aliphatic carbocycles. The second-order valence-electron chi connectivity index (χ2n) is 5.82. The van der Waals surface area contributed by atoms with Crippen LogP contribution >= 0.6 is 11.6 Å². The van der Waals surface area contributed by atoms with Crippen molar-refractivity contribution in [3.05, 3.63) is 34.3 Å².